The van der Waals surface area contributed by atoms with Crippen LogP contribution in [-0.2, 0) is 10.0 Å². The molecule has 0 radical (unpaired) electrons. The van der Waals surface area contributed by atoms with Crippen molar-refractivity contribution in [2.45, 2.75) is 24.3 Å². The molecule has 3 heterocycles. The molecule has 1 N–H and O–H groups in total. The van der Waals surface area contributed by atoms with Gasteiger partial charge in [0, 0.05) is 18.1 Å². The summed E-state index contributed by atoms with van der Waals surface area (Å²) in [7, 11) is -3.63. The molecule has 1 saturated heterocycles. The van der Waals surface area contributed by atoms with Crippen LogP contribution >= 0.6 is 22.9 Å². The van der Waals surface area contributed by atoms with Crippen molar-refractivity contribution in [3.63, 3.8) is 0 Å². The van der Waals surface area contributed by atoms with Crippen molar-refractivity contribution in [1.82, 2.24) is 19.0 Å². The lowest BCUT2D eigenvalue weighted by Gasteiger charge is -2.14. The highest BCUT2D eigenvalue weighted by Crippen LogP contribution is 2.25. The molecule has 0 amide bonds. The van der Waals surface area contributed by atoms with Gasteiger partial charge < -0.3 is 4.90 Å². The average Bonchev–Trinajstić information content (AvgIpc) is 3.10. The molecule has 1 aliphatic heterocycles. The van der Waals surface area contributed by atoms with Gasteiger partial charge in [-0.15, -0.1) is 11.3 Å². The number of thiazole rings is 1. The Labute approximate surface area is 132 Å². The zero-order valence-electron chi connectivity index (χ0n) is 11.5. The van der Waals surface area contributed by atoms with E-state index in [0.717, 1.165) is 26.1 Å². The smallest absolute Gasteiger partial charge is 0.259 e. The van der Waals surface area contributed by atoms with E-state index in [0.29, 0.717) is 11.5 Å². The minimum atomic E-state index is -3.63. The molecule has 0 spiro atoms. The van der Waals surface area contributed by atoms with Gasteiger partial charge in [-0.1, -0.05) is 11.6 Å². The number of nitrogens with zero attached hydrogens (tertiary/aromatic N) is 3. The molecule has 2 aromatic rings. The average molecular weight is 349 g/mol. The highest BCUT2D eigenvalue weighted by atomic mass is 35.5. The van der Waals surface area contributed by atoms with Gasteiger partial charge in [0.25, 0.3) is 10.0 Å². The first-order valence-corrected chi connectivity index (χ1v) is 9.65. The predicted octanol–water partition coefficient (Wildman–Crippen LogP) is 1.81. The summed E-state index contributed by atoms with van der Waals surface area (Å²) in [6.45, 7) is 3.58. The first-order valence-electron chi connectivity index (χ1n) is 6.91. The van der Waals surface area contributed by atoms with Crippen molar-refractivity contribution in [3.05, 3.63) is 16.7 Å². The van der Waals surface area contributed by atoms with E-state index in [-0.39, 0.29) is 10.2 Å². The van der Waals surface area contributed by atoms with E-state index < -0.39 is 10.0 Å². The van der Waals surface area contributed by atoms with Crippen LogP contribution in [-0.4, -0.2) is 48.9 Å². The van der Waals surface area contributed by atoms with Crippen LogP contribution in [0.2, 0.25) is 5.15 Å². The van der Waals surface area contributed by atoms with Gasteiger partial charge in [0.15, 0.2) is 15.1 Å². The number of rotatable bonds is 6. The Balaban J connectivity index is 1.63. The molecular weight excluding hydrogens is 332 g/mol. The molecule has 1 fully saturated rings. The van der Waals surface area contributed by atoms with E-state index in [9.17, 15) is 8.42 Å². The molecule has 0 atom stereocenters. The summed E-state index contributed by atoms with van der Waals surface area (Å²) in [6.07, 6.45) is 4.95. The number of imidazole rings is 1. The molecule has 9 heteroatoms. The first kappa shape index (κ1) is 15.2. The van der Waals surface area contributed by atoms with Gasteiger partial charge in [0.1, 0.15) is 0 Å². The molecule has 1 aliphatic rings. The Morgan fingerprint density at radius 2 is 2.14 bits per heavy atom. The Hall–Kier alpha value is -0.670. The molecule has 6 nitrogen and oxygen atoms in total. The summed E-state index contributed by atoms with van der Waals surface area (Å²) in [5, 5.41) is 1.83. The van der Waals surface area contributed by atoms with Crippen LogP contribution in [0.1, 0.15) is 19.3 Å². The van der Waals surface area contributed by atoms with E-state index in [4.69, 9.17) is 11.6 Å². The van der Waals surface area contributed by atoms with Gasteiger partial charge in [0.05, 0.1) is 0 Å². The van der Waals surface area contributed by atoms with Crippen LogP contribution in [0.5, 0.6) is 0 Å². The van der Waals surface area contributed by atoms with Crippen molar-refractivity contribution in [3.8, 4) is 0 Å². The normalized spacial score (nSPS) is 17.0. The fourth-order valence-electron chi connectivity index (χ4n) is 2.56. The zero-order chi connectivity index (χ0) is 14.9. The molecular formula is C12H17ClN4O2S2. The molecule has 0 saturated carbocycles. The molecule has 0 aliphatic carbocycles. The van der Waals surface area contributed by atoms with Crippen molar-refractivity contribution >= 4 is 37.9 Å². The first-order chi connectivity index (χ1) is 10.1. The molecule has 0 unspecified atom stereocenters. The third kappa shape index (κ3) is 3.24. The fourth-order valence-corrected chi connectivity index (χ4v) is 5.08. The molecule has 0 aromatic carbocycles. The maximum absolute atomic E-state index is 12.4. The van der Waals surface area contributed by atoms with E-state index in [1.807, 2.05) is 0 Å². The molecule has 21 heavy (non-hydrogen) atoms. The Morgan fingerprint density at radius 1 is 1.38 bits per heavy atom. The summed E-state index contributed by atoms with van der Waals surface area (Å²) in [5.41, 5.74) is 0. The number of nitrogens with one attached hydrogen (secondary N) is 1. The topological polar surface area (TPSA) is 66.7 Å². The SMILES string of the molecule is O=S(=O)(NCCCN1CCCC1)c1c(Cl)nc2sccn12. The Bertz CT molecular complexity index is 719. The standard InChI is InChI=1S/C12H17ClN4O2S2/c13-10-11(17-8-9-20-12(17)15-10)21(18,19)14-4-3-7-16-5-1-2-6-16/h8-9,14H,1-7H2. The van der Waals surface area contributed by atoms with Crippen LogP contribution in [0.4, 0.5) is 0 Å². The number of sulfonamides is 1. The van der Waals surface area contributed by atoms with E-state index in [2.05, 4.69) is 14.6 Å². The third-order valence-corrected chi connectivity index (χ3v) is 6.19. The Morgan fingerprint density at radius 3 is 2.90 bits per heavy atom. The van der Waals surface area contributed by atoms with Gasteiger partial charge in [-0.2, -0.15) is 0 Å². The second kappa shape index (κ2) is 6.21. The van der Waals surface area contributed by atoms with Gasteiger partial charge in [0.2, 0.25) is 0 Å². The third-order valence-electron chi connectivity index (χ3n) is 3.57. The van der Waals surface area contributed by atoms with Crippen molar-refractivity contribution in [2.75, 3.05) is 26.2 Å². The molecule has 2 aromatic heterocycles. The summed E-state index contributed by atoms with van der Waals surface area (Å²) in [5.74, 6) is 0. The number of halogens is 1. The van der Waals surface area contributed by atoms with Crippen molar-refractivity contribution in [1.29, 1.82) is 0 Å². The quantitative estimate of drug-likeness (QED) is 0.808. The number of likely N-dealkylation sites (tertiary alicyclic amines) is 1. The summed E-state index contributed by atoms with van der Waals surface area (Å²) < 4.78 is 28.8. The molecule has 116 valence electrons. The minimum absolute atomic E-state index is 0.0221. The zero-order valence-corrected chi connectivity index (χ0v) is 13.8. The van der Waals surface area contributed by atoms with E-state index >= 15 is 0 Å². The number of fused-ring (bicyclic) bond motifs is 1. The van der Waals surface area contributed by atoms with E-state index in [1.54, 1.807) is 11.6 Å². The van der Waals surface area contributed by atoms with Crippen LogP contribution in [0.15, 0.2) is 16.6 Å². The van der Waals surface area contributed by atoms with Gasteiger partial charge in [-0.05, 0) is 38.9 Å². The maximum Gasteiger partial charge on any atom is 0.259 e. The summed E-state index contributed by atoms with van der Waals surface area (Å²) >= 11 is 7.31. The van der Waals surface area contributed by atoms with Crippen LogP contribution in [0.25, 0.3) is 4.96 Å². The second-order valence-electron chi connectivity index (χ2n) is 5.06. The van der Waals surface area contributed by atoms with Gasteiger partial charge >= 0.3 is 0 Å². The Kier molecular flexibility index (Phi) is 4.51. The lowest BCUT2D eigenvalue weighted by Crippen LogP contribution is -2.29. The largest absolute Gasteiger partial charge is 0.303 e. The van der Waals surface area contributed by atoms with Gasteiger partial charge in [-0.25, -0.2) is 18.1 Å². The fraction of sp³-hybridized carbons (Fsp3) is 0.583. The highest BCUT2D eigenvalue weighted by molar-refractivity contribution is 7.89. The highest BCUT2D eigenvalue weighted by Gasteiger charge is 2.24. The summed E-state index contributed by atoms with van der Waals surface area (Å²) in [4.78, 5) is 6.99. The predicted molar refractivity (Wildman–Crippen MR) is 83.6 cm³/mol. The summed E-state index contributed by atoms with van der Waals surface area (Å²) in [6, 6.07) is 0. The van der Waals surface area contributed by atoms with Crippen molar-refractivity contribution in [2.24, 2.45) is 0 Å². The lowest BCUT2D eigenvalue weighted by atomic mass is 10.4. The maximum atomic E-state index is 12.4. The van der Waals surface area contributed by atoms with Gasteiger partial charge in [-0.3, -0.25) is 4.40 Å². The molecule has 0 bridgehead atoms. The van der Waals surface area contributed by atoms with Crippen LogP contribution < -0.4 is 4.72 Å². The van der Waals surface area contributed by atoms with E-state index in [1.165, 1.54) is 28.6 Å². The monoisotopic (exact) mass is 348 g/mol. The second-order valence-corrected chi connectivity index (χ2v) is 7.98. The number of hydrogen-bond acceptors (Lipinski definition) is 5. The minimum Gasteiger partial charge on any atom is -0.303 e. The molecule has 3 rings (SSSR count). The van der Waals surface area contributed by atoms with Crippen LogP contribution in [0.3, 0.4) is 0 Å². The van der Waals surface area contributed by atoms with Crippen LogP contribution in [0, 0.1) is 0 Å². The lowest BCUT2D eigenvalue weighted by molar-refractivity contribution is 0.334. The number of aromatic nitrogens is 2. The number of hydrogen-bond donors (Lipinski definition) is 1. The van der Waals surface area contributed by atoms with Crippen molar-refractivity contribution < 1.29 is 8.42 Å².